The van der Waals surface area contributed by atoms with Crippen molar-refractivity contribution in [3.63, 3.8) is 0 Å². The summed E-state index contributed by atoms with van der Waals surface area (Å²) in [6, 6.07) is 8.62. The third kappa shape index (κ3) is 3.93. The molecule has 21 heavy (non-hydrogen) atoms. The maximum Gasteiger partial charge on any atom is 0.228 e. The molecule has 2 atom stereocenters. The van der Waals surface area contributed by atoms with E-state index in [1.54, 1.807) is 30.3 Å². The summed E-state index contributed by atoms with van der Waals surface area (Å²) >= 11 is 0. The SMILES string of the molecule is O=C([O-])[C@H](Cc1ccccc1)P(=O)(O)CN1CCCC1=O. The largest absolute Gasteiger partial charge is 0.549 e. The van der Waals surface area contributed by atoms with Crippen LogP contribution in [0.5, 0.6) is 0 Å². The van der Waals surface area contributed by atoms with Crippen molar-refractivity contribution in [1.82, 2.24) is 4.90 Å². The fourth-order valence-corrected chi connectivity index (χ4v) is 4.24. The Kier molecular flexibility index (Phi) is 4.80. The van der Waals surface area contributed by atoms with Crippen molar-refractivity contribution in [1.29, 1.82) is 0 Å². The van der Waals surface area contributed by atoms with Crippen LogP contribution in [0.15, 0.2) is 30.3 Å². The van der Waals surface area contributed by atoms with Gasteiger partial charge in [-0.05, 0) is 18.4 Å². The number of carboxylic acids is 1. The van der Waals surface area contributed by atoms with E-state index in [9.17, 15) is 24.2 Å². The summed E-state index contributed by atoms with van der Waals surface area (Å²) in [6.45, 7) is 0.397. The van der Waals surface area contributed by atoms with Gasteiger partial charge in [0, 0.05) is 13.0 Å². The molecule has 1 amide bonds. The van der Waals surface area contributed by atoms with Gasteiger partial charge in [-0.15, -0.1) is 0 Å². The zero-order valence-electron chi connectivity index (χ0n) is 11.5. The molecule has 1 heterocycles. The summed E-state index contributed by atoms with van der Waals surface area (Å²) in [7, 11) is -4.07. The van der Waals surface area contributed by atoms with E-state index in [2.05, 4.69) is 0 Å². The number of carboxylic acid groups (broad SMARTS) is 1. The highest BCUT2D eigenvalue weighted by Crippen LogP contribution is 2.48. The lowest BCUT2D eigenvalue weighted by Crippen LogP contribution is -2.39. The Morgan fingerprint density at radius 3 is 2.57 bits per heavy atom. The molecule has 0 aliphatic carbocycles. The predicted molar refractivity (Wildman–Crippen MR) is 74.6 cm³/mol. The Morgan fingerprint density at radius 2 is 2.05 bits per heavy atom. The summed E-state index contributed by atoms with van der Waals surface area (Å²) in [5.74, 6) is -1.77. The number of likely N-dealkylation sites (tertiary alicyclic amines) is 1. The molecule has 1 aliphatic rings. The Hall–Kier alpha value is -1.65. The molecular weight excluding hydrogens is 293 g/mol. The average Bonchev–Trinajstić information content (AvgIpc) is 2.81. The van der Waals surface area contributed by atoms with Crippen molar-refractivity contribution >= 4 is 19.2 Å². The zero-order chi connectivity index (χ0) is 15.5. The van der Waals surface area contributed by atoms with E-state index in [0.29, 0.717) is 24.9 Å². The molecule has 1 aliphatic heterocycles. The number of carbonyl (C=O) groups excluding carboxylic acids is 2. The first-order chi connectivity index (χ1) is 9.90. The van der Waals surface area contributed by atoms with Crippen LogP contribution in [0.2, 0.25) is 0 Å². The smallest absolute Gasteiger partial charge is 0.228 e. The van der Waals surface area contributed by atoms with Crippen molar-refractivity contribution in [2.45, 2.75) is 24.9 Å². The van der Waals surface area contributed by atoms with Crippen LogP contribution >= 0.6 is 7.37 Å². The third-order valence-electron chi connectivity index (χ3n) is 3.58. The van der Waals surface area contributed by atoms with E-state index in [4.69, 9.17) is 0 Å². The van der Waals surface area contributed by atoms with Crippen LogP contribution in [-0.2, 0) is 20.6 Å². The molecule has 0 aromatic heterocycles. The number of aliphatic carboxylic acids is 1. The number of rotatable bonds is 6. The van der Waals surface area contributed by atoms with E-state index in [1.165, 1.54) is 4.90 Å². The van der Waals surface area contributed by atoms with E-state index in [0.717, 1.165) is 0 Å². The fraction of sp³-hybridized carbons (Fsp3) is 0.429. The summed E-state index contributed by atoms with van der Waals surface area (Å²) in [5.41, 5.74) is -0.859. The van der Waals surface area contributed by atoms with E-state index in [1.807, 2.05) is 0 Å². The minimum absolute atomic E-state index is 0.0843. The second-order valence-corrected chi connectivity index (χ2v) is 7.60. The van der Waals surface area contributed by atoms with Crippen LogP contribution in [0.4, 0.5) is 0 Å². The number of hydrogen-bond donors (Lipinski definition) is 1. The number of nitrogens with zero attached hydrogens (tertiary/aromatic N) is 1. The number of carbonyl (C=O) groups is 2. The molecule has 0 bridgehead atoms. The molecule has 7 heteroatoms. The third-order valence-corrected chi connectivity index (χ3v) is 5.69. The van der Waals surface area contributed by atoms with Gasteiger partial charge in [0.15, 0.2) is 0 Å². The van der Waals surface area contributed by atoms with Gasteiger partial charge in [0.05, 0.1) is 17.9 Å². The van der Waals surface area contributed by atoms with Crippen molar-refractivity contribution < 1.29 is 24.2 Å². The van der Waals surface area contributed by atoms with Gasteiger partial charge in [-0.3, -0.25) is 9.36 Å². The van der Waals surface area contributed by atoms with Crippen LogP contribution < -0.4 is 5.11 Å². The minimum Gasteiger partial charge on any atom is -0.549 e. The second-order valence-electron chi connectivity index (χ2n) is 5.18. The molecular formula is C14H17NO5P-. The predicted octanol–water partition coefficient (Wildman–Crippen LogP) is 0.198. The molecule has 1 unspecified atom stereocenters. The molecule has 2 rings (SSSR count). The monoisotopic (exact) mass is 310 g/mol. The average molecular weight is 310 g/mol. The summed E-state index contributed by atoms with van der Waals surface area (Å²) in [5, 5.41) is 11.3. The van der Waals surface area contributed by atoms with E-state index in [-0.39, 0.29) is 12.3 Å². The Bertz CT molecular complexity index is 574. The standard InChI is InChI=1S/C14H18NO5P/c16-13-7-4-8-15(13)10-21(19,20)12(14(17)18)9-11-5-2-1-3-6-11/h1-3,5-6,12H,4,7-10H2,(H,17,18)(H,19,20)/p-1/t12-/m0/s1. The fourth-order valence-electron chi connectivity index (χ4n) is 2.42. The maximum atomic E-state index is 12.4. The van der Waals surface area contributed by atoms with Crippen molar-refractivity contribution in [3.8, 4) is 0 Å². The first kappa shape index (κ1) is 15.7. The highest BCUT2D eigenvalue weighted by molar-refractivity contribution is 7.59. The van der Waals surface area contributed by atoms with Gasteiger partial charge in [0.2, 0.25) is 13.3 Å². The van der Waals surface area contributed by atoms with Gasteiger partial charge in [0.1, 0.15) is 0 Å². The summed E-state index contributed by atoms with van der Waals surface area (Å²) in [6.07, 6.45) is 0.471. The van der Waals surface area contributed by atoms with Gasteiger partial charge < -0.3 is 19.7 Å². The molecule has 1 saturated heterocycles. The Morgan fingerprint density at radius 1 is 1.38 bits per heavy atom. The lowest BCUT2D eigenvalue weighted by Gasteiger charge is -2.27. The normalized spacial score (nSPS) is 19.3. The van der Waals surface area contributed by atoms with Gasteiger partial charge >= 0.3 is 0 Å². The maximum absolute atomic E-state index is 12.4. The van der Waals surface area contributed by atoms with Gasteiger partial charge in [-0.2, -0.15) is 0 Å². The number of amides is 1. The lowest BCUT2D eigenvalue weighted by atomic mass is 10.1. The Labute approximate surface area is 122 Å². The minimum atomic E-state index is -4.07. The highest BCUT2D eigenvalue weighted by Gasteiger charge is 2.36. The molecule has 1 aromatic carbocycles. The van der Waals surface area contributed by atoms with Crippen LogP contribution in [0.1, 0.15) is 18.4 Å². The highest BCUT2D eigenvalue weighted by atomic mass is 31.2. The first-order valence-electron chi connectivity index (χ1n) is 6.74. The van der Waals surface area contributed by atoms with Gasteiger partial charge in [-0.1, -0.05) is 30.3 Å². The van der Waals surface area contributed by atoms with Crippen LogP contribution in [0.3, 0.4) is 0 Å². The van der Waals surface area contributed by atoms with Crippen molar-refractivity contribution in [2.24, 2.45) is 0 Å². The number of benzene rings is 1. The lowest BCUT2D eigenvalue weighted by molar-refractivity contribution is -0.305. The Balaban J connectivity index is 2.14. The van der Waals surface area contributed by atoms with Crippen LogP contribution in [-0.4, -0.2) is 40.2 Å². The van der Waals surface area contributed by atoms with E-state index >= 15 is 0 Å². The summed E-state index contributed by atoms with van der Waals surface area (Å²) in [4.78, 5) is 34.2. The topological polar surface area (TPSA) is 97.7 Å². The molecule has 1 fully saturated rings. The molecule has 0 saturated carbocycles. The number of hydrogen-bond acceptors (Lipinski definition) is 4. The van der Waals surface area contributed by atoms with Gasteiger partial charge in [0.25, 0.3) is 0 Å². The molecule has 1 N–H and O–H groups in total. The molecule has 1 aromatic rings. The van der Waals surface area contributed by atoms with Crippen LogP contribution in [0.25, 0.3) is 0 Å². The molecule has 0 spiro atoms. The quantitative estimate of drug-likeness (QED) is 0.757. The summed E-state index contributed by atoms with van der Waals surface area (Å²) < 4.78 is 12.4. The van der Waals surface area contributed by atoms with Crippen molar-refractivity contribution in [3.05, 3.63) is 35.9 Å². The molecule has 6 nitrogen and oxygen atoms in total. The first-order valence-corrected chi connectivity index (χ1v) is 8.65. The molecule has 114 valence electrons. The molecule has 0 radical (unpaired) electrons. The van der Waals surface area contributed by atoms with Crippen LogP contribution in [0, 0.1) is 0 Å². The van der Waals surface area contributed by atoms with E-state index < -0.39 is 25.3 Å². The van der Waals surface area contributed by atoms with Crippen molar-refractivity contribution in [2.75, 3.05) is 12.8 Å². The zero-order valence-corrected chi connectivity index (χ0v) is 12.4. The van der Waals surface area contributed by atoms with Gasteiger partial charge in [-0.25, -0.2) is 0 Å². The second kappa shape index (κ2) is 6.41.